The van der Waals surface area contributed by atoms with Gasteiger partial charge in [0.2, 0.25) is 0 Å². The molecule has 0 spiro atoms. The van der Waals surface area contributed by atoms with Gasteiger partial charge in [-0.25, -0.2) is 0 Å². The third-order valence-electron chi connectivity index (χ3n) is 3.90. The Kier molecular flexibility index (Phi) is 5.58. The summed E-state index contributed by atoms with van der Waals surface area (Å²) in [6.45, 7) is 6.45. The standard InChI is InChI=1S/C20H23N/c1-4-6-7-9-17(5-2)14-16(3)18-11-12-20-19(15-18)10-8-13-21-20/h2,8,10-13,15,17H,3-4,6-7,9,14H2,1H3. The van der Waals surface area contributed by atoms with Gasteiger partial charge in [-0.15, -0.1) is 12.3 Å². The molecule has 2 rings (SSSR count). The second-order valence-electron chi connectivity index (χ2n) is 5.58. The molecule has 1 unspecified atom stereocenters. The van der Waals surface area contributed by atoms with Gasteiger partial charge in [-0.2, -0.15) is 0 Å². The lowest BCUT2D eigenvalue weighted by Crippen LogP contribution is -1.99. The van der Waals surface area contributed by atoms with Crippen molar-refractivity contribution in [2.45, 2.75) is 39.0 Å². The van der Waals surface area contributed by atoms with Crippen LogP contribution in [0.2, 0.25) is 0 Å². The van der Waals surface area contributed by atoms with Crippen molar-refractivity contribution in [3.63, 3.8) is 0 Å². The Morgan fingerprint density at radius 1 is 1.33 bits per heavy atom. The van der Waals surface area contributed by atoms with Crippen molar-refractivity contribution in [2.75, 3.05) is 0 Å². The molecule has 0 bridgehead atoms. The maximum atomic E-state index is 5.67. The van der Waals surface area contributed by atoms with Crippen LogP contribution >= 0.6 is 0 Å². The van der Waals surface area contributed by atoms with Crippen LogP contribution in [0.3, 0.4) is 0 Å². The van der Waals surface area contributed by atoms with E-state index in [9.17, 15) is 0 Å². The average molecular weight is 277 g/mol. The molecule has 1 nitrogen and oxygen atoms in total. The molecule has 108 valence electrons. The summed E-state index contributed by atoms with van der Waals surface area (Å²) in [5.74, 6) is 3.23. The van der Waals surface area contributed by atoms with Crippen LogP contribution in [0.1, 0.15) is 44.6 Å². The molecule has 0 aliphatic heterocycles. The molecule has 1 heteroatoms. The van der Waals surface area contributed by atoms with Crippen LogP contribution in [-0.4, -0.2) is 4.98 Å². The van der Waals surface area contributed by atoms with Crippen molar-refractivity contribution in [1.82, 2.24) is 4.98 Å². The Balaban J connectivity index is 2.05. The van der Waals surface area contributed by atoms with Crippen LogP contribution in [0.15, 0.2) is 43.1 Å². The van der Waals surface area contributed by atoms with E-state index >= 15 is 0 Å². The first kappa shape index (κ1) is 15.3. The molecule has 0 fully saturated rings. The molecule has 1 heterocycles. The number of fused-ring (bicyclic) bond motifs is 1. The second kappa shape index (κ2) is 7.64. The molecule has 0 radical (unpaired) electrons. The van der Waals surface area contributed by atoms with E-state index in [2.05, 4.69) is 48.7 Å². The number of terminal acetylenes is 1. The number of allylic oxidation sites excluding steroid dienone is 1. The van der Waals surface area contributed by atoms with Gasteiger partial charge in [-0.05, 0) is 42.2 Å². The summed E-state index contributed by atoms with van der Waals surface area (Å²) in [6.07, 6.45) is 13.2. The number of unbranched alkanes of at least 4 members (excludes halogenated alkanes) is 2. The number of rotatable bonds is 7. The highest BCUT2D eigenvalue weighted by atomic mass is 14.6. The summed E-state index contributed by atoms with van der Waals surface area (Å²) >= 11 is 0. The van der Waals surface area contributed by atoms with Crippen LogP contribution in [0.25, 0.3) is 16.5 Å². The average Bonchev–Trinajstić information content (AvgIpc) is 2.53. The fourth-order valence-electron chi connectivity index (χ4n) is 2.60. The number of pyridine rings is 1. The zero-order valence-electron chi connectivity index (χ0n) is 12.8. The molecule has 0 amide bonds. The van der Waals surface area contributed by atoms with Gasteiger partial charge in [0.1, 0.15) is 0 Å². The molecular formula is C20H23N. The quantitative estimate of drug-likeness (QED) is 0.483. The van der Waals surface area contributed by atoms with Crippen LogP contribution in [-0.2, 0) is 0 Å². The Labute approximate surface area is 128 Å². The molecule has 0 saturated heterocycles. The summed E-state index contributed by atoms with van der Waals surface area (Å²) in [5, 5.41) is 1.15. The van der Waals surface area contributed by atoms with Gasteiger partial charge >= 0.3 is 0 Å². The molecule has 21 heavy (non-hydrogen) atoms. The maximum absolute atomic E-state index is 5.67. The van der Waals surface area contributed by atoms with Crippen molar-refractivity contribution >= 4 is 16.5 Å². The van der Waals surface area contributed by atoms with Crippen LogP contribution in [0, 0.1) is 18.3 Å². The Hall–Kier alpha value is -2.07. The van der Waals surface area contributed by atoms with Gasteiger partial charge in [0, 0.05) is 17.5 Å². The Bertz CT molecular complexity index is 648. The van der Waals surface area contributed by atoms with Crippen molar-refractivity contribution < 1.29 is 0 Å². The first-order chi connectivity index (χ1) is 10.2. The number of hydrogen-bond donors (Lipinski definition) is 0. The molecule has 1 aromatic carbocycles. The zero-order chi connectivity index (χ0) is 15.1. The van der Waals surface area contributed by atoms with Gasteiger partial charge in [0.15, 0.2) is 0 Å². The van der Waals surface area contributed by atoms with Gasteiger partial charge in [0.05, 0.1) is 5.52 Å². The van der Waals surface area contributed by atoms with E-state index in [1.807, 2.05) is 12.3 Å². The lowest BCUT2D eigenvalue weighted by atomic mass is 9.91. The van der Waals surface area contributed by atoms with Gasteiger partial charge in [0.25, 0.3) is 0 Å². The predicted octanol–water partition coefficient (Wildman–Crippen LogP) is 5.47. The molecule has 0 saturated carbocycles. The number of nitrogens with zero attached hydrogens (tertiary/aromatic N) is 1. The SMILES string of the molecule is C#CC(CCCCC)CC(=C)c1ccc2ncccc2c1. The molecule has 1 atom stereocenters. The van der Waals surface area contributed by atoms with Crippen molar-refractivity contribution in [1.29, 1.82) is 0 Å². The minimum absolute atomic E-state index is 0.300. The highest BCUT2D eigenvalue weighted by Crippen LogP contribution is 2.26. The van der Waals surface area contributed by atoms with E-state index < -0.39 is 0 Å². The Morgan fingerprint density at radius 2 is 2.19 bits per heavy atom. The lowest BCUT2D eigenvalue weighted by Gasteiger charge is -2.13. The van der Waals surface area contributed by atoms with Crippen molar-refractivity contribution in [2.24, 2.45) is 5.92 Å². The third-order valence-corrected chi connectivity index (χ3v) is 3.90. The maximum Gasteiger partial charge on any atom is 0.0702 e. The smallest absolute Gasteiger partial charge is 0.0702 e. The molecule has 0 N–H and O–H groups in total. The number of benzene rings is 1. The largest absolute Gasteiger partial charge is 0.256 e. The van der Waals surface area contributed by atoms with Gasteiger partial charge < -0.3 is 0 Å². The highest BCUT2D eigenvalue weighted by molar-refractivity contribution is 5.82. The highest BCUT2D eigenvalue weighted by Gasteiger charge is 2.09. The minimum atomic E-state index is 0.300. The summed E-state index contributed by atoms with van der Waals surface area (Å²) in [7, 11) is 0. The van der Waals surface area contributed by atoms with E-state index in [1.54, 1.807) is 0 Å². The molecule has 1 aromatic heterocycles. The summed E-state index contributed by atoms with van der Waals surface area (Å²) in [6, 6.07) is 10.3. The van der Waals surface area contributed by atoms with Crippen molar-refractivity contribution in [3.8, 4) is 12.3 Å². The van der Waals surface area contributed by atoms with E-state index in [-0.39, 0.29) is 0 Å². The van der Waals surface area contributed by atoms with E-state index in [1.165, 1.54) is 24.8 Å². The topological polar surface area (TPSA) is 12.9 Å². The van der Waals surface area contributed by atoms with Gasteiger partial charge in [-0.3, -0.25) is 4.98 Å². The van der Waals surface area contributed by atoms with Crippen molar-refractivity contribution in [3.05, 3.63) is 48.7 Å². The number of hydrogen-bond acceptors (Lipinski definition) is 1. The zero-order valence-corrected chi connectivity index (χ0v) is 12.8. The minimum Gasteiger partial charge on any atom is -0.256 e. The Morgan fingerprint density at radius 3 is 2.95 bits per heavy atom. The lowest BCUT2D eigenvalue weighted by molar-refractivity contribution is 0.563. The summed E-state index contributed by atoms with van der Waals surface area (Å²) in [5.41, 5.74) is 3.32. The predicted molar refractivity (Wildman–Crippen MR) is 91.9 cm³/mol. The number of aromatic nitrogens is 1. The molecule has 0 aliphatic rings. The van der Waals surface area contributed by atoms with E-state index in [0.717, 1.165) is 29.3 Å². The molecule has 0 aliphatic carbocycles. The van der Waals surface area contributed by atoms with E-state index in [0.29, 0.717) is 5.92 Å². The molecule has 2 aromatic rings. The van der Waals surface area contributed by atoms with Crippen LogP contribution in [0.5, 0.6) is 0 Å². The first-order valence-corrected chi connectivity index (χ1v) is 7.73. The fourth-order valence-corrected chi connectivity index (χ4v) is 2.60. The first-order valence-electron chi connectivity index (χ1n) is 7.73. The molecular weight excluding hydrogens is 254 g/mol. The van der Waals surface area contributed by atoms with Crippen LogP contribution in [0.4, 0.5) is 0 Å². The third kappa shape index (κ3) is 4.20. The normalized spacial score (nSPS) is 12.0. The second-order valence-corrected chi connectivity index (χ2v) is 5.58. The fraction of sp³-hybridized carbons (Fsp3) is 0.350. The monoisotopic (exact) mass is 277 g/mol. The van der Waals surface area contributed by atoms with Crippen LogP contribution < -0.4 is 0 Å². The van der Waals surface area contributed by atoms with E-state index in [4.69, 9.17) is 6.42 Å². The summed E-state index contributed by atoms with van der Waals surface area (Å²) in [4.78, 5) is 4.35. The summed E-state index contributed by atoms with van der Waals surface area (Å²) < 4.78 is 0. The van der Waals surface area contributed by atoms with Gasteiger partial charge in [-0.1, -0.05) is 44.9 Å².